The second-order valence-corrected chi connectivity index (χ2v) is 6.33. The molecule has 1 aliphatic rings. The van der Waals surface area contributed by atoms with E-state index in [-0.39, 0.29) is 24.2 Å². The lowest BCUT2D eigenvalue weighted by molar-refractivity contribution is -0.141. The molecule has 0 saturated carbocycles. The van der Waals surface area contributed by atoms with Crippen LogP contribution in [0.1, 0.15) is 23.5 Å². The maximum Gasteiger partial charge on any atom is 0.238 e. The fraction of sp³-hybridized carbons (Fsp3) is 0.300. The Labute approximate surface area is 147 Å². The normalized spacial score (nSPS) is 17.4. The first-order valence-corrected chi connectivity index (χ1v) is 8.29. The van der Waals surface area contributed by atoms with Gasteiger partial charge < -0.3 is 4.74 Å². The van der Waals surface area contributed by atoms with Crippen LogP contribution >= 0.6 is 0 Å². The first-order chi connectivity index (χ1) is 12.1. The summed E-state index contributed by atoms with van der Waals surface area (Å²) < 4.78 is 5.15. The van der Waals surface area contributed by atoms with E-state index >= 15 is 0 Å². The van der Waals surface area contributed by atoms with Crippen LogP contribution in [0.2, 0.25) is 0 Å². The highest BCUT2D eigenvalue weighted by Crippen LogP contribution is 2.29. The number of imide groups is 1. The van der Waals surface area contributed by atoms with Crippen molar-refractivity contribution < 1.29 is 14.3 Å². The minimum atomic E-state index is -0.358. The van der Waals surface area contributed by atoms with E-state index in [2.05, 4.69) is 0 Å². The first kappa shape index (κ1) is 17.2. The maximum atomic E-state index is 12.6. The van der Waals surface area contributed by atoms with Crippen LogP contribution in [-0.4, -0.2) is 42.4 Å². The second kappa shape index (κ2) is 7.49. The van der Waals surface area contributed by atoms with Crippen molar-refractivity contribution in [1.29, 1.82) is 0 Å². The van der Waals surface area contributed by atoms with E-state index in [1.165, 1.54) is 4.90 Å². The van der Waals surface area contributed by atoms with Gasteiger partial charge in [0.1, 0.15) is 5.75 Å². The molecule has 1 fully saturated rings. The molecule has 0 N–H and O–H groups in total. The van der Waals surface area contributed by atoms with Crippen LogP contribution in [0.3, 0.4) is 0 Å². The molecule has 25 heavy (non-hydrogen) atoms. The summed E-state index contributed by atoms with van der Waals surface area (Å²) in [5.41, 5.74) is 2.00. The predicted molar refractivity (Wildman–Crippen MR) is 95.0 cm³/mol. The number of hydrogen-bond donors (Lipinski definition) is 0. The molecule has 0 aliphatic carbocycles. The fourth-order valence-electron chi connectivity index (χ4n) is 3.11. The lowest BCUT2D eigenvalue weighted by Gasteiger charge is -2.23. The molecule has 0 spiro atoms. The zero-order valence-corrected chi connectivity index (χ0v) is 14.5. The third-order valence-electron chi connectivity index (χ3n) is 4.44. The van der Waals surface area contributed by atoms with Gasteiger partial charge in [-0.2, -0.15) is 0 Å². The molecule has 2 aromatic rings. The van der Waals surface area contributed by atoms with E-state index in [1.54, 1.807) is 7.11 Å². The van der Waals surface area contributed by atoms with Crippen molar-refractivity contribution in [1.82, 2.24) is 9.80 Å². The van der Waals surface area contributed by atoms with Crippen LogP contribution in [0.25, 0.3) is 0 Å². The Bertz CT molecular complexity index is 743. The molecule has 2 aromatic carbocycles. The average molecular weight is 338 g/mol. The summed E-state index contributed by atoms with van der Waals surface area (Å²) in [6.07, 6.45) is 0.249. The van der Waals surface area contributed by atoms with Gasteiger partial charge in [0, 0.05) is 13.0 Å². The molecule has 3 rings (SSSR count). The standard InChI is InChI=1S/C20H22N2O3/c1-21(13-15-8-10-17(25-2)11-9-15)14-22-19(23)12-18(20(22)24)16-6-4-3-5-7-16/h3-11,18H,12-14H2,1-2H3/t18-/m1/s1. The van der Waals surface area contributed by atoms with Gasteiger partial charge >= 0.3 is 0 Å². The van der Waals surface area contributed by atoms with Crippen molar-refractivity contribution in [3.63, 3.8) is 0 Å². The van der Waals surface area contributed by atoms with Crippen LogP contribution in [0.4, 0.5) is 0 Å². The van der Waals surface area contributed by atoms with Crippen molar-refractivity contribution in [2.75, 3.05) is 20.8 Å². The molecule has 0 unspecified atom stereocenters. The number of rotatable bonds is 6. The van der Waals surface area contributed by atoms with Crippen LogP contribution in [0, 0.1) is 0 Å². The Hall–Kier alpha value is -2.66. The zero-order valence-electron chi connectivity index (χ0n) is 14.5. The van der Waals surface area contributed by atoms with Crippen molar-refractivity contribution in [2.24, 2.45) is 0 Å². The van der Waals surface area contributed by atoms with E-state index in [4.69, 9.17) is 4.74 Å². The summed E-state index contributed by atoms with van der Waals surface area (Å²) in [5, 5.41) is 0. The molecule has 0 bridgehead atoms. The molecule has 0 radical (unpaired) electrons. The van der Waals surface area contributed by atoms with E-state index < -0.39 is 0 Å². The number of nitrogens with zero attached hydrogens (tertiary/aromatic N) is 2. The highest BCUT2D eigenvalue weighted by Gasteiger charge is 2.39. The molecule has 130 valence electrons. The topological polar surface area (TPSA) is 49.9 Å². The van der Waals surface area contributed by atoms with E-state index in [0.717, 1.165) is 16.9 Å². The van der Waals surface area contributed by atoms with E-state index in [0.29, 0.717) is 13.2 Å². The molecule has 0 aromatic heterocycles. The minimum absolute atomic E-state index is 0.111. The Balaban J connectivity index is 1.63. The lowest BCUT2D eigenvalue weighted by atomic mass is 9.98. The minimum Gasteiger partial charge on any atom is -0.497 e. The van der Waals surface area contributed by atoms with Gasteiger partial charge in [0.2, 0.25) is 11.8 Å². The quantitative estimate of drug-likeness (QED) is 0.760. The Morgan fingerprint density at radius 2 is 1.76 bits per heavy atom. The monoisotopic (exact) mass is 338 g/mol. The zero-order chi connectivity index (χ0) is 17.8. The third kappa shape index (κ3) is 3.88. The number of methoxy groups -OCH3 is 1. The summed E-state index contributed by atoms with van der Waals surface area (Å²) in [4.78, 5) is 28.3. The number of amides is 2. The molecule has 1 atom stereocenters. The van der Waals surface area contributed by atoms with Gasteiger partial charge in [-0.05, 0) is 30.3 Å². The molecule has 1 saturated heterocycles. The summed E-state index contributed by atoms with van der Waals surface area (Å²) >= 11 is 0. The number of ether oxygens (including phenoxy) is 1. The molecular weight excluding hydrogens is 316 g/mol. The van der Waals surface area contributed by atoms with Gasteiger partial charge in [-0.15, -0.1) is 0 Å². The van der Waals surface area contributed by atoms with Crippen LogP contribution in [0.15, 0.2) is 54.6 Å². The van der Waals surface area contributed by atoms with Gasteiger partial charge in [-0.3, -0.25) is 19.4 Å². The van der Waals surface area contributed by atoms with E-state index in [1.807, 2.05) is 66.5 Å². The second-order valence-electron chi connectivity index (χ2n) is 6.33. The van der Waals surface area contributed by atoms with Crippen LogP contribution in [0.5, 0.6) is 5.75 Å². The molecule has 1 aliphatic heterocycles. The van der Waals surface area contributed by atoms with Crippen molar-refractivity contribution in [2.45, 2.75) is 18.9 Å². The number of carbonyl (C=O) groups excluding carboxylic acids is 2. The predicted octanol–water partition coefficient (Wildman–Crippen LogP) is 2.63. The van der Waals surface area contributed by atoms with Gasteiger partial charge in [0.05, 0.1) is 19.7 Å². The molecule has 5 heteroatoms. The summed E-state index contributed by atoms with van der Waals surface area (Å²) in [6.45, 7) is 0.948. The van der Waals surface area contributed by atoms with Crippen molar-refractivity contribution in [3.05, 3.63) is 65.7 Å². The van der Waals surface area contributed by atoms with Gasteiger partial charge in [-0.25, -0.2) is 0 Å². The highest BCUT2D eigenvalue weighted by molar-refractivity contribution is 6.06. The number of likely N-dealkylation sites (tertiary alicyclic amines) is 1. The Kier molecular flexibility index (Phi) is 5.14. The van der Waals surface area contributed by atoms with Gasteiger partial charge in [0.15, 0.2) is 0 Å². The summed E-state index contributed by atoms with van der Waals surface area (Å²) in [5.74, 6) is 0.225. The first-order valence-electron chi connectivity index (χ1n) is 8.29. The lowest BCUT2D eigenvalue weighted by Crippen LogP contribution is -2.39. The number of carbonyl (C=O) groups is 2. The maximum absolute atomic E-state index is 12.6. The third-order valence-corrected chi connectivity index (χ3v) is 4.44. The van der Waals surface area contributed by atoms with E-state index in [9.17, 15) is 9.59 Å². The smallest absolute Gasteiger partial charge is 0.238 e. The largest absolute Gasteiger partial charge is 0.497 e. The Morgan fingerprint density at radius 1 is 1.08 bits per heavy atom. The van der Waals surface area contributed by atoms with Gasteiger partial charge in [-0.1, -0.05) is 42.5 Å². The van der Waals surface area contributed by atoms with Crippen molar-refractivity contribution in [3.8, 4) is 5.75 Å². The Morgan fingerprint density at radius 3 is 2.40 bits per heavy atom. The molecule has 2 amide bonds. The SMILES string of the molecule is COc1ccc(CN(C)CN2C(=O)C[C@H](c3ccccc3)C2=O)cc1. The highest BCUT2D eigenvalue weighted by atomic mass is 16.5. The molecule has 5 nitrogen and oxygen atoms in total. The fourth-order valence-corrected chi connectivity index (χ4v) is 3.11. The van der Waals surface area contributed by atoms with Gasteiger partial charge in [0.25, 0.3) is 0 Å². The summed E-state index contributed by atoms with van der Waals surface area (Å²) in [6, 6.07) is 17.3. The summed E-state index contributed by atoms with van der Waals surface area (Å²) in [7, 11) is 3.54. The van der Waals surface area contributed by atoms with Crippen molar-refractivity contribution >= 4 is 11.8 Å². The molecule has 1 heterocycles. The van der Waals surface area contributed by atoms with Crippen LogP contribution in [-0.2, 0) is 16.1 Å². The van der Waals surface area contributed by atoms with Crippen LogP contribution < -0.4 is 4.74 Å². The number of hydrogen-bond acceptors (Lipinski definition) is 4. The average Bonchev–Trinajstić information content (AvgIpc) is 2.91. The number of benzene rings is 2. The molecular formula is C20H22N2O3.